The second-order valence-corrected chi connectivity index (χ2v) is 7.30. The summed E-state index contributed by atoms with van der Waals surface area (Å²) in [6, 6.07) is 15.2. The van der Waals surface area contributed by atoms with Crippen LogP contribution in [0.2, 0.25) is 10.0 Å². The van der Waals surface area contributed by atoms with E-state index in [1.807, 2.05) is 42.5 Å². The minimum atomic E-state index is -0.330. The molecular weight excluding hydrogens is 415 g/mol. The molecular formula is C21H22Cl2N2O2S. The van der Waals surface area contributed by atoms with Crippen LogP contribution < -0.4 is 10.6 Å². The van der Waals surface area contributed by atoms with E-state index in [2.05, 4.69) is 17.2 Å². The third-order valence-electron chi connectivity index (χ3n) is 3.99. The molecule has 0 fully saturated rings. The Bertz CT molecular complexity index is 844. The quantitative estimate of drug-likeness (QED) is 0.339. The Labute approximate surface area is 180 Å². The molecule has 148 valence electrons. The number of halogens is 2. The van der Waals surface area contributed by atoms with Crippen molar-refractivity contribution in [2.24, 2.45) is 0 Å². The van der Waals surface area contributed by atoms with Gasteiger partial charge in [0.1, 0.15) is 6.61 Å². The minimum Gasteiger partial charge on any atom is -0.464 e. The van der Waals surface area contributed by atoms with E-state index in [4.69, 9.17) is 40.2 Å². The predicted molar refractivity (Wildman–Crippen MR) is 120 cm³/mol. The molecule has 0 aromatic heterocycles. The summed E-state index contributed by atoms with van der Waals surface area (Å²) in [7, 11) is 0. The number of ether oxygens (including phenoxy) is 1. The van der Waals surface area contributed by atoms with Gasteiger partial charge in [0.25, 0.3) is 0 Å². The summed E-state index contributed by atoms with van der Waals surface area (Å²) < 4.78 is 4.90. The SMILES string of the molecule is C=C(CC(NC(=S)NCCOC(C)=O)c1cccc(Cl)c1Cl)c1ccccc1. The van der Waals surface area contributed by atoms with Crippen LogP contribution in [0.5, 0.6) is 0 Å². The number of hydrogen-bond donors (Lipinski definition) is 2. The van der Waals surface area contributed by atoms with Gasteiger partial charge in [0, 0.05) is 6.92 Å². The molecule has 0 saturated carbocycles. The van der Waals surface area contributed by atoms with Crippen LogP contribution in [-0.2, 0) is 9.53 Å². The number of rotatable bonds is 8. The Morgan fingerprint density at radius 1 is 1.18 bits per heavy atom. The molecule has 0 saturated heterocycles. The van der Waals surface area contributed by atoms with Crippen molar-refractivity contribution < 1.29 is 9.53 Å². The van der Waals surface area contributed by atoms with Gasteiger partial charge in [-0.2, -0.15) is 0 Å². The fourth-order valence-electron chi connectivity index (χ4n) is 2.64. The van der Waals surface area contributed by atoms with Crippen LogP contribution in [0.4, 0.5) is 0 Å². The summed E-state index contributed by atoms with van der Waals surface area (Å²) in [5.74, 6) is -0.330. The number of benzene rings is 2. The first kappa shape index (κ1) is 22.2. The number of carbonyl (C=O) groups excluding carboxylic acids is 1. The number of thiocarbonyl (C=S) groups is 1. The van der Waals surface area contributed by atoms with Gasteiger partial charge in [-0.1, -0.05) is 72.2 Å². The molecule has 0 aliphatic rings. The molecule has 1 unspecified atom stereocenters. The molecule has 4 nitrogen and oxygen atoms in total. The van der Waals surface area contributed by atoms with Gasteiger partial charge in [-0.25, -0.2) is 0 Å². The number of esters is 1. The number of carbonyl (C=O) groups is 1. The van der Waals surface area contributed by atoms with Gasteiger partial charge in [-0.3, -0.25) is 4.79 Å². The lowest BCUT2D eigenvalue weighted by molar-refractivity contribution is -0.140. The highest BCUT2D eigenvalue weighted by atomic mass is 35.5. The lowest BCUT2D eigenvalue weighted by atomic mass is 9.95. The fourth-order valence-corrected chi connectivity index (χ4v) is 3.32. The van der Waals surface area contributed by atoms with Crippen molar-refractivity contribution in [3.05, 3.63) is 76.3 Å². The van der Waals surface area contributed by atoms with E-state index in [1.54, 1.807) is 6.07 Å². The van der Waals surface area contributed by atoms with Crippen LogP contribution in [0.15, 0.2) is 55.1 Å². The van der Waals surface area contributed by atoms with Gasteiger partial charge in [-0.05, 0) is 41.4 Å². The first-order valence-corrected chi connectivity index (χ1v) is 9.89. The third kappa shape index (κ3) is 6.82. The van der Waals surface area contributed by atoms with E-state index in [0.717, 1.165) is 16.7 Å². The molecule has 0 spiro atoms. The molecule has 0 aliphatic carbocycles. The summed E-state index contributed by atoms with van der Waals surface area (Å²) in [5.41, 5.74) is 2.81. The van der Waals surface area contributed by atoms with Crippen molar-refractivity contribution in [1.82, 2.24) is 10.6 Å². The highest BCUT2D eigenvalue weighted by Crippen LogP contribution is 2.34. The minimum absolute atomic E-state index is 0.229. The third-order valence-corrected chi connectivity index (χ3v) is 5.08. The fraction of sp³-hybridized carbons (Fsp3) is 0.238. The molecule has 0 bridgehead atoms. The maximum atomic E-state index is 10.8. The molecule has 7 heteroatoms. The second kappa shape index (κ2) is 11.1. The molecule has 0 heterocycles. The Hall–Kier alpha value is -2.08. The lowest BCUT2D eigenvalue weighted by Crippen LogP contribution is -2.39. The second-order valence-electron chi connectivity index (χ2n) is 6.11. The van der Waals surface area contributed by atoms with Crippen molar-refractivity contribution in [2.75, 3.05) is 13.2 Å². The highest BCUT2D eigenvalue weighted by molar-refractivity contribution is 7.80. The van der Waals surface area contributed by atoms with E-state index in [1.165, 1.54) is 6.92 Å². The number of hydrogen-bond acceptors (Lipinski definition) is 3. The summed E-state index contributed by atoms with van der Waals surface area (Å²) >= 11 is 18.0. The number of nitrogens with one attached hydrogen (secondary N) is 2. The Kier molecular flexibility index (Phi) is 8.77. The Morgan fingerprint density at radius 3 is 2.57 bits per heavy atom. The van der Waals surface area contributed by atoms with Crippen LogP contribution in [0.25, 0.3) is 5.57 Å². The van der Waals surface area contributed by atoms with Crippen molar-refractivity contribution in [2.45, 2.75) is 19.4 Å². The van der Waals surface area contributed by atoms with E-state index in [-0.39, 0.29) is 18.6 Å². The molecule has 0 amide bonds. The maximum absolute atomic E-state index is 10.8. The zero-order valence-corrected chi connectivity index (χ0v) is 17.8. The molecule has 2 rings (SSSR count). The van der Waals surface area contributed by atoms with E-state index >= 15 is 0 Å². The Balaban J connectivity index is 2.12. The van der Waals surface area contributed by atoms with Crippen LogP contribution >= 0.6 is 35.4 Å². The van der Waals surface area contributed by atoms with Crippen molar-refractivity contribution >= 4 is 52.1 Å². The van der Waals surface area contributed by atoms with Gasteiger partial charge in [-0.15, -0.1) is 0 Å². The van der Waals surface area contributed by atoms with Gasteiger partial charge >= 0.3 is 5.97 Å². The Morgan fingerprint density at radius 2 is 1.89 bits per heavy atom. The summed E-state index contributed by atoms with van der Waals surface area (Å²) in [4.78, 5) is 10.8. The van der Waals surface area contributed by atoms with Gasteiger partial charge < -0.3 is 15.4 Å². The average Bonchev–Trinajstić information content (AvgIpc) is 2.67. The van der Waals surface area contributed by atoms with Crippen molar-refractivity contribution in [1.29, 1.82) is 0 Å². The molecule has 28 heavy (non-hydrogen) atoms. The van der Waals surface area contributed by atoms with Crippen LogP contribution in [-0.4, -0.2) is 24.2 Å². The molecule has 0 radical (unpaired) electrons. The highest BCUT2D eigenvalue weighted by Gasteiger charge is 2.19. The van der Waals surface area contributed by atoms with Crippen molar-refractivity contribution in [3.8, 4) is 0 Å². The largest absolute Gasteiger partial charge is 0.464 e. The average molecular weight is 437 g/mol. The maximum Gasteiger partial charge on any atom is 0.302 e. The van der Waals surface area contributed by atoms with E-state index in [9.17, 15) is 4.79 Å². The van der Waals surface area contributed by atoms with Gasteiger partial charge in [0.2, 0.25) is 0 Å². The van der Waals surface area contributed by atoms with Crippen LogP contribution in [0.1, 0.15) is 30.5 Å². The monoisotopic (exact) mass is 436 g/mol. The topological polar surface area (TPSA) is 50.4 Å². The van der Waals surface area contributed by atoms with Crippen molar-refractivity contribution in [3.63, 3.8) is 0 Å². The predicted octanol–water partition coefficient (Wildman–Crippen LogP) is 5.17. The molecule has 2 aromatic rings. The van der Waals surface area contributed by atoms with Gasteiger partial charge in [0.15, 0.2) is 5.11 Å². The zero-order valence-electron chi connectivity index (χ0n) is 15.5. The standard InChI is InChI=1S/C21H22Cl2N2O2S/c1-14(16-7-4-3-5-8-16)13-19(17-9-6-10-18(22)20(17)23)25-21(28)24-11-12-27-15(2)26/h3-10,19H,1,11-13H2,2H3,(H2,24,25,28). The van der Waals surface area contributed by atoms with Gasteiger partial charge in [0.05, 0.1) is 22.6 Å². The first-order chi connectivity index (χ1) is 13.4. The summed E-state index contributed by atoms with van der Waals surface area (Å²) in [6.45, 7) is 6.21. The first-order valence-electron chi connectivity index (χ1n) is 8.73. The molecule has 0 aliphatic heterocycles. The lowest BCUT2D eigenvalue weighted by Gasteiger charge is -2.24. The van der Waals surface area contributed by atoms with Crippen LogP contribution in [0, 0.1) is 0 Å². The summed E-state index contributed by atoms with van der Waals surface area (Å²) in [5, 5.41) is 7.67. The normalized spacial score (nSPS) is 11.4. The van der Waals surface area contributed by atoms with E-state index in [0.29, 0.717) is 28.1 Å². The molecule has 2 N–H and O–H groups in total. The van der Waals surface area contributed by atoms with Crippen LogP contribution in [0.3, 0.4) is 0 Å². The van der Waals surface area contributed by atoms with E-state index < -0.39 is 0 Å². The smallest absolute Gasteiger partial charge is 0.302 e. The molecule has 1 atom stereocenters. The molecule has 2 aromatic carbocycles. The zero-order chi connectivity index (χ0) is 20.5. The summed E-state index contributed by atoms with van der Waals surface area (Å²) in [6.07, 6.45) is 0.579.